The molecule has 290 valence electrons. The van der Waals surface area contributed by atoms with Gasteiger partial charge in [0.15, 0.2) is 0 Å². The maximum Gasteiger partial charge on any atom is 0.234 e. The standard InChI is InChI=1S/C58H38N4/c1-4-14-41(15-5-1)48-31-28-43(34-52(48)42-16-6-2-7-17-42)39-24-26-40(27-25-39)46-37-59-58(60-38-46)62-55-23-13-11-21-50(55)53-35-44(30-33-56(53)62)45-29-32-51-49-20-10-12-22-54(49)61(57(51)36-45)47-18-8-3-9-19-47/h1-38H. The minimum Gasteiger partial charge on any atom is -0.309 e. The third-order valence-corrected chi connectivity index (χ3v) is 12.3. The second-order valence-electron chi connectivity index (χ2n) is 15.8. The van der Waals surface area contributed by atoms with Gasteiger partial charge in [-0.05, 0) is 98.6 Å². The molecule has 0 saturated heterocycles. The van der Waals surface area contributed by atoms with Crippen molar-refractivity contribution in [1.29, 1.82) is 0 Å². The molecule has 4 nitrogen and oxygen atoms in total. The third kappa shape index (κ3) is 6.00. The lowest BCUT2D eigenvalue weighted by atomic mass is 9.91. The summed E-state index contributed by atoms with van der Waals surface area (Å²) in [6.45, 7) is 0. The molecular weight excluding hydrogens is 753 g/mol. The van der Waals surface area contributed by atoms with Gasteiger partial charge in [-0.15, -0.1) is 0 Å². The van der Waals surface area contributed by atoms with Crippen LogP contribution in [0.15, 0.2) is 231 Å². The van der Waals surface area contributed by atoms with E-state index in [0.29, 0.717) is 5.95 Å². The van der Waals surface area contributed by atoms with E-state index >= 15 is 0 Å². The van der Waals surface area contributed by atoms with Gasteiger partial charge in [-0.2, -0.15) is 0 Å². The normalized spacial score (nSPS) is 11.5. The molecule has 0 aliphatic heterocycles. The highest BCUT2D eigenvalue weighted by molar-refractivity contribution is 6.12. The lowest BCUT2D eigenvalue weighted by Gasteiger charge is -2.13. The first-order valence-electron chi connectivity index (χ1n) is 21.1. The van der Waals surface area contributed by atoms with Crippen molar-refractivity contribution in [3.05, 3.63) is 231 Å². The molecule has 0 N–H and O–H groups in total. The lowest BCUT2D eigenvalue weighted by Crippen LogP contribution is -2.00. The molecule has 0 saturated carbocycles. The quantitative estimate of drug-likeness (QED) is 0.161. The van der Waals surface area contributed by atoms with Crippen molar-refractivity contribution in [1.82, 2.24) is 19.1 Å². The first-order valence-corrected chi connectivity index (χ1v) is 21.1. The third-order valence-electron chi connectivity index (χ3n) is 12.3. The second-order valence-corrected chi connectivity index (χ2v) is 15.8. The van der Waals surface area contributed by atoms with E-state index < -0.39 is 0 Å². The number of rotatable bonds is 7. The molecule has 0 radical (unpaired) electrons. The summed E-state index contributed by atoms with van der Waals surface area (Å²) in [6, 6.07) is 78.2. The van der Waals surface area contributed by atoms with E-state index in [0.717, 1.165) is 44.4 Å². The van der Waals surface area contributed by atoms with Gasteiger partial charge in [0.2, 0.25) is 5.95 Å². The molecular formula is C58H38N4. The maximum absolute atomic E-state index is 4.99. The molecule has 0 amide bonds. The zero-order valence-corrected chi connectivity index (χ0v) is 33.7. The average molecular weight is 791 g/mol. The Morgan fingerprint density at radius 1 is 0.258 bits per heavy atom. The molecule has 12 rings (SSSR count). The first-order chi connectivity index (χ1) is 30.7. The van der Waals surface area contributed by atoms with E-state index in [1.807, 2.05) is 12.4 Å². The predicted molar refractivity (Wildman–Crippen MR) is 258 cm³/mol. The van der Waals surface area contributed by atoms with Crippen LogP contribution in [0, 0.1) is 0 Å². The van der Waals surface area contributed by atoms with E-state index in [1.165, 1.54) is 60.6 Å². The van der Waals surface area contributed by atoms with Crippen LogP contribution in [0.2, 0.25) is 0 Å². The summed E-state index contributed by atoms with van der Waals surface area (Å²) in [5, 5.41) is 4.83. The average Bonchev–Trinajstić information content (AvgIpc) is 3.87. The summed E-state index contributed by atoms with van der Waals surface area (Å²) in [5.41, 5.74) is 17.2. The Hall–Kier alpha value is -8.34. The van der Waals surface area contributed by atoms with Crippen molar-refractivity contribution in [3.8, 4) is 67.3 Å². The van der Waals surface area contributed by atoms with E-state index in [9.17, 15) is 0 Å². The number of para-hydroxylation sites is 3. The molecule has 9 aromatic carbocycles. The van der Waals surface area contributed by atoms with Crippen LogP contribution in [0.4, 0.5) is 0 Å². The molecule has 62 heavy (non-hydrogen) atoms. The SMILES string of the molecule is c1ccc(-c2ccc(-c3ccc(-c4cnc(-n5c6ccccc6c6cc(-c7ccc8c9ccccc9n(-c9ccccc9)c8c7)ccc65)nc4)cc3)cc2-c2ccccc2)cc1. The molecule has 0 atom stereocenters. The van der Waals surface area contributed by atoms with E-state index in [2.05, 4.69) is 228 Å². The van der Waals surface area contributed by atoms with Crippen LogP contribution in [0.1, 0.15) is 0 Å². The summed E-state index contributed by atoms with van der Waals surface area (Å²) >= 11 is 0. The van der Waals surface area contributed by atoms with Crippen molar-refractivity contribution in [2.75, 3.05) is 0 Å². The van der Waals surface area contributed by atoms with Crippen LogP contribution >= 0.6 is 0 Å². The molecule has 3 heterocycles. The Balaban J connectivity index is 0.880. The Kier molecular flexibility index (Phi) is 8.46. The second kappa shape index (κ2) is 14.7. The fourth-order valence-corrected chi connectivity index (χ4v) is 9.26. The molecule has 0 fully saturated rings. The number of hydrogen-bond acceptors (Lipinski definition) is 2. The molecule has 4 heteroatoms. The fourth-order valence-electron chi connectivity index (χ4n) is 9.26. The Morgan fingerprint density at radius 2 is 0.726 bits per heavy atom. The summed E-state index contributed by atoms with van der Waals surface area (Å²) in [4.78, 5) is 9.97. The highest BCUT2D eigenvalue weighted by atomic mass is 15.1. The zero-order valence-electron chi connectivity index (χ0n) is 33.7. The van der Waals surface area contributed by atoms with Crippen molar-refractivity contribution in [2.24, 2.45) is 0 Å². The molecule has 12 aromatic rings. The van der Waals surface area contributed by atoms with Crippen molar-refractivity contribution in [3.63, 3.8) is 0 Å². The molecule has 0 aliphatic rings. The van der Waals surface area contributed by atoms with Gasteiger partial charge in [-0.3, -0.25) is 4.57 Å². The van der Waals surface area contributed by atoms with Crippen molar-refractivity contribution < 1.29 is 0 Å². The van der Waals surface area contributed by atoms with E-state index in [-0.39, 0.29) is 0 Å². The van der Waals surface area contributed by atoms with Crippen LogP contribution < -0.4 is 0 Å². The Labute approximate surface area is 359 Å². The Bertz CT molecular complexity index is 3590. The largest absolute Gasteiger partial charge is 0.309 e. The summed E-state index contributed by atoms with van der Waals surface area (Å²) in [7, 11) is 0. The molecule has 3 aromatic heterocycles. The monoisotopic (exact) mass is 790 g/mol. The molecule has 0 unspecified atom stereocenters. The van der Waals surface area contributed by atoms with Gasteiger partial charge in [0, 0.05) is 45.2 Å². The number of benzene rings is 9. The van der Waals surface area contributed by atoms with Gasteiger partial charge in [-0.25, -0.2) is 9.97 Å². The number of aromatic nitrogens is 4. The topological polar surface area (TPSA) is 35.6 Å². The highest BCUT2D eigenvalue weighted by Gasteiger charge is 2.17. The van der Waals surface area contributed by atoms with Gasteiger partial charge in [0.25, 0.3) is 0 Å². The van der Waals surface area contributed by atoms with Gasteiger partial charge in [0.1, 0.15) is 0 Å². The smallest absolute Gasteiger partial charge is 0.234 e. The summed E-state index contributed by atoms with van der Waals surface area (Å²) in [5.74, 6) is 0.644. The van der Waals surface area contributed by atoms with Gasteiger partial charge in [-0.1, -0.05) is 170 Å². The number of fused-ring (bicyclic) bond motifs is 6. The highest BCUT2D eigenvalue weighted by Crippen LogP contribution is 2.39. The van der Waals surface area contributed by atoms with Gasteiger partial charge in [0.05, 0.1) is 22.1 Å². The van der Waals surface area contributed by atoms with E-state index in [1.54, 1.807) is 0 Å². The van der Waals surface area contributed by atoms with Crippen LogP contribution in [-0.4, -0.2) is 19.1 Å². The molecule has 0 bridgehead atoms. The minimum atomic E-state index is 0.644. The van der Waals surface area contributed by atoms with Crippen LogP contribution in [0.25, 0.3) is 111 Å². The van der Waals surface area contributed by atoms with E-state index in [4.69, 9.17) is 9.97 Å². The summed E-state index contributed by atoms with van der Waals surface area (Å²) < 4.78 is 4.56. The molecule has 0 aliphatic carbocycles. The fraction of sp³-hybridized carbons (Fsp3) is 0. The number of nitrogens with zero attached hydrogens (tertiary/aromatic N) is 4. The maximum atomic E-state index is 4.99. The Morgan fingerprint density at radius 3 is 1.42 bits per heavy atom. The molecule has 0 spiro atoms. The summed E-state index contributed by atoms with van der Waals surface area (Å²) in [6.07, 6.45) is 3.88. The lowest BCUT2D eigenvalue weighted by molar-refractivity contribution is 0.990. The number of hydrogen-bond donors (Lipinski definition) is 0. The zero-order chi connectivity index (χ0) is 41.0. The van der Waals surface area contributed by atoms with Crippen molar-refractivity contribution >= 4 is 43.6 Å². The predicted octanol–water partition coefficient (Wildman–Crippen LogP) is 15.0. The van der Waals surface area contributed by atoms with Crippen LogP contribution in [0.5, 0.6) is 0 Å². The van der Waals surface area contributed by atoms with Gasteiger partial charge >= 0.3 is 0 Å². The van der Waals surface area contributed by atoms with Gasteiger partial charge < -0.3 is 4.57 Å². The minimum absolute atomic E-state index is 0.644. The van der Waals surface area contributed by atoms with Crippen molar-refractivity contribution in [2.45, 2.75) is 0 Å². The first kappa shape index (κ1) is 35.6. The van der Waals surface area contributed by atoms with Crippen LogP contribution in [-0.2, 0) is 0 Å². The van der Waals surface area contributed by atoms with Crippen LogP contribution in [0.3, 0.4) is 0 Å².